The van der Waals surface area contributed by atoms with Gasteiger partial charge in [0.15, 0.2) is 0 Å². The Morgan fingerprint density at radius 3 is 1.10 bits per heavy atom. The van der Waals surface area contributed by atoms with E-state index in [4.69, 9.17) is 0 Å². The molecule has 0 saturated heterocycles. The standard InChI is InChI=1S/C19H38.2Na.2H/c1-3-5-7-9-11-13-15-17-19-18-16-14-12-10-8-6-4-2;;;;/h17,19H,3-16,18H2,1-2H3;;;;/q;2*+1;2*-1/b19-17-;;;;. The fourth-order valence-electron chi connectivity index (χ4n) is 2.50. The van der Waals surface area contributed by atoms with Crippen LogP contribution in [0.4, 0.5) is 0 Å². The average Bonchev–Trinajstić information content (AvgIpc) is 2.43. The van der Waals surface area contributed by atoms with Crippen molar-refractivity contribution in [2.45, 2.75) is 110 Å². The number of rotatable bonds is 15. The van der Waals surface area contributed by atoms with Gasteiger partial charge in [0.2, 0.25) is 0 Å². The van der Waals surface area contributed by atoms with Crippen molar-refractivity contribution in [3.63, 3.8) is 0 Å². The normalized spacial score (nSPS) is 10.4. The fraction of sp³-hybridized carbons (Fsp3) is 0.895. The Morgan fingerprint density at radius 1 is 0.476 bits per heavy atom. The van der Waals surface area contributed by atoms with Gasteiger partial charge < -0.3 is 2.85 Å². The molecule has 0 atom stereocenters. The van der Waals surface area contributed by atoms with Crippen molar-refractivity contribution >= 4 is 0 Å². The van der Waals surface area contributed by atoms with Gasteiger partial charge in [-0.1, -0.05) is 96.6 Å². The van der Waals surface area contributed by atoms with Gasteiger partial charge in [0.1, 0.15) is 0 Å². The third-order valence-electron chi connectivity index (χ3n) is 3.87. The van der Waals surface area contributed by atoms with Crippen LogP contribution in [0.3, 0.4) is 0 Å². The first-order valence-electron chi connectivity index (χ1n) is 9.06. The summed E-state index contributed by atoms with van der Waals surface area (Å²) in [5, 5.41) is 0. The van der Waals surface area contributed by atoms with Gasteiger partial charge in [-0.25, -0.2) is 0 Å². The molecule has 0 fully saturated rings. The van der Waals surface area contributed by atoms with E-state index in [-0.39, 0.29) is 62.0 Å². The second-order valence-electron chi connectivity index (χ2n) is 5.94. The first-order valence-corrected chi connectivity index (χ1v) is 9.06. The summed E-state index contributed by atoms with van der Waals surface area (Å²) in [4.78, 5) is 0. The number of unbranched alkanes of at least 4 members (excludes halogenated alkanes) is 13. The zero-order chi connectivity index (χ0) is 14.0. The van der Waals surface area contributed by atoms with Crippen molar-refractivity contribution in [1.82, 2.24) is 0 Å². The number of allylic oxidation sites excluding steroid dienone is 2. The Morgan fingerprint density at radius 2 is 0.762 bits per heavy atom. The molecule has 0 aromatic carbocycles. The summed E-state index contributed by atoms with van der Waals surface area (Å²) < 4.78 is 0. The topological polar surface area (TPSA) is 0 Å². The monoisotopic (exact) mass is 314 g/mol. The third kappa shape index (κ3) is 26.9. The van der Waals surface area contributed by atoms with Crippen molar-refractivity contribution in [2.75, 3.05) is 0 Å². The van der Waals surface area contributed by atoms with Gasteiger partial charge in [-0.05, 0) is 25.7 Å². The molecule has 21 heavy (non-hydrogen) atoms. The predicted molar refractivity (Wildman–Crippen MR) is 92.0 cm³/mol. The van der Waals surface area contributed by atoms with E-state index in [2.05, 4.69) is 26.0 Å². The molecule has 0 heterocycles. The first kappa shape index (κ1) is 27.6. The number of hydrogen-bond donors (Lipinski definition) is 0. The molecule has 0 unspecified atom stereocenters. The molecule has 0 rings (SSSR count). The van der Waals surface area contributed by atoms with Gasteiger partial charge in [0.25, 0.3) is 0 Å². The molecular weight excluding hydrogens is 274 g/mol. The van der Waals surface area contributed by atoms with Crippen LogP contribution in [0, 0.1) is 0 Å². The average molecular weight is 315 g/mol. The van der Waals surface area contributed by atoms with Crippen LogP contribution in [-0.2, 0) is 0 Å². The second-order valence-corrected chi connectivity index (χ2v) is 5.94. The molecule has 0 radical (unpaired) electrons. The molecule has 0 aliphatic heterocycles. The zero-order valence-electron chi connectivity index (χ0n) is 17.8. The minimum atomic E-state index is 0. The minimum absolute atomic E-state index is 0. The summed E-state index contributed by atoms with van der Waals surface area (Å²) >= 11 is 0. The van der Waals surface area contributed by atoms with Crippen molar-refractivity contribution in [3.05, 3.63) is 12.2 Å². The van der Waals surface area contributed by atoms with Crippen molar-refractivity contribution < 1.29 is 62.0 Å². The summed E-state index contributed by atoms with van der Waals surface area (Å²) in [7, 11) is 0. The van der Waals surface area contributed by atoms with Crippen molar-refractivity contribution in [2.24, 2.45) is 0 Å². The summed E-state index contributed by atoms with van der Waals surface area (Å²) in [6, 6.07) is 0. The molecule has 0 amide bonds. The van der Waals surface area contributed by atoms with Crippen LogP contribution in [0.2, 0.25) is 0 Å². The van der Waals surface area contributed by atoms with E-state index in [1.807, 2.05) is 0 Å². The smallest absolute Gasteiger partial charge is 1.00 e. The van der Waals surface area contributed by atoms with E-state index in [1.165, 1.54) is 96.3 Å². The quantitative estimate of drug-likeness (QED) is 0.245. The predicted octanol–water partition coefficient (Wildman–Crippen LogP) is 1.67. The SMILES string of the molecule is CCCCCCCC/C=C\CCCCCCCCC.[H-].[H-].[Na+].[Na+]. The zero-order valence-corrected chi connectivity index (χ0v) is 19.8. The molecule has 0 aliphatic rings. The van der Waals surface area contributed by atoms with E-state index >= 15 is 0 Å². The summed E-state index contributed by atoms with van der Waals surface area (Å²) in [5.41, 5.74) is 0. The van der Waals surface area contributed by atoms with Crippen LogP contribution < -0.4 is 59.1 Å². The molecule has 0 N–H and O–H groups in total. The van der Waals surface area contributed by atoms with Crippen LogP contribution in [-0.4, -0.2) is 0 Å². The molecule has 0 bridgehead atoms. The van der Waals surface area contributed by atoms with Crippen LogP contribution in [0.5, 0.6) is 0 Å². The van der Waals surface area contributed by atoms with Gasteiger partial charge in [-0.3, -0.25) is 0 Å². The molecule has 0 saturated carbocycles. The van der Waals surface area contributed by atoms with E-state index in [9.17, 15) is 0 Å². The maximum Gasteiger partial charge on any atom is 1.00 e. The third-order valence-corrected chi connectivity index (χ3v) is 3.87. The van der Waals surface area contributed by atoms with Crippen molar-refractivity contribution in [3.8, 4) is 0 Å². The van der Waals surface area contributed by atoms with Crippen LogP contribution in [0.1, 0.15) is 113 Å². The Balaban J connectivity index is -0.000000270. The van der Waals surface area contributed by atoms with E-state index < -0.39 is 0 Å². The Kier molecular flexibility index (Phi) is 35.0. The first-order chi connectivity index (χ1) is 9.41. The Hall–Kier alpha value is 1.74. The van der Waals surface area contributed by atoms with E-state index in [0.717, 1.165) is 0 Å². The number of hydrogen-bond acceptors (Lipinski definition) is 0. The van der Waals surface area contributed by atoms with Gasteiger partial charge in [0.05, 0.1) is 0 Å². The maximum absolute atomic E-state index is 2.41. The Labute approximate surface area is 182 Å². The van der Waals surface area contributed by atoms with Crippen LogP contribution >= 0.6 is 0 Å². The van der Waals surface area contributed by atoms with Crippen molar-refractivity contribution in [1.29, 1.82) is 0 Å². The fourth-order valence-corrected chi connectivity index (χ4v) is 2.50. The molecular formula is C19H40Na2. The van der Waals surface area contributed by atoms with Gasteiger partial charge in [0, 0.05) is 0 Å². The Bertz CT molecular complexity index is 188. The second kappa shape index (κ2) is 26.6. The molecule has 0 nitrogen and oxygen atoms in total. The molecule has 0 aliphatic carbocycles. The maximum atomic E-state index is 2.41. The minimum Gasteiger partial charge on any atom is -1.00 e. The molecule has 2 heteroatoms. The van der Waals surface area contributed by atoms with Gasteiger partial charge >= 0.3 is 59.1 Å². The molecule has 118 valence electrons. The summed E-state index contributed by atoms with van der Waals surface area (Å²) in [6.07, 6.45) is 25.9. The van der Waals surface area contributed by atoms with Gasteiger partial charge in [-0.2, -0.15) is 0 Å². The van der Waals surface area contributed by atoms with Crippen LogP contribution in [0.15, 0.2) is 12.2 Å². The van der Waals surface area contributed by atoms with Crippen LogP contribution in [0.25, 0.3) is 0 Å². The molecule has 0 aromatic rings. The van der Waals surface area contributed by atoms with E-state index in [1.54, 1.807) is 0 Å². The van der Waals surface area contributed by atoms with Gasteiger partial charge in [-0.15, -0.1) is 0 Å². The summed E-state index contributed by atoms with van der Waals surface area (Å²) in [6.45, 7) is 4.57. The summed E-state index contributed by atoms with van der Waals surface area (Å²) in [5.74, 6) is 0. The molecule has 0 aromatic heterocycles. The van der Waals surface area contributed by atoms with E-state index in [0.29, 0.717) is 0 Å². The molecule has 0 spiro atoms. The largest absolute Gasteiger partial charge is 1.00 e.